The average Bonchev–Trinajstić information content (AvgIpc) is 2.44. The molecule has 5 heteroatoms. The molecule has 0 aliphatic heterocycles. The van der Waals surface area contributed by atoms with Crippen LogP contribution in [-0.4, -0.2) is 9.97 Å². The van der Waals surface area contributed by atoms with Gasteiger partial charge in [0.05, 0.1) is 6.33 Å². The van der Waals surface area contributed by atoms with E-state index in [9.17, 15) is 4.79 Å². The van der Waals surface area contributed by atoms with Gasteiger partial charge >= 0.3 is 0 Å². The number of anilines is 3. The van der Waals surface area contributed by atoms with Crippen LogP contribution in [0.2, 0.25) is 0 Å². The van der Waals surface area contributed by atoms with Crippen molar-refractivity contribution in [3.8, 4) is 0 Å². The molecule has 3 rings (SSSR count). The third-order valence-corrected chi connectivity index (χ3v) is 2.93. The van der Waals surface area contributed by atoms with Gasteiger partial charge in [-0.2, -0.15) is 0 Å². The van der Waals surface area contributed by atoms with Gasteiger partial charge < -0.3 is 16.0 Å². The van der Waals surface area contributed by atoms with E-state index in [0.29, 0.717) is 5.82 Å². The van der Waals surface area contributed by atoms with E-state index in [-0.39, 0.29) is 11.2 Å². The molecule has 0 atom stereocenters. The topological polar surface area (TPSA) is 83.8 Å². The van der Waals surface area contributed by atoms with Crippen LogP contribution in [0.5, 0.6) is 0 Å². The molecule has 3 aromatic rings. The minimum Gasteiger partial charge on any atom is -0.391 e. The van der Waals surface area contributed by atoms with Crippen molar-refractivity contribution in [2.24, 2.45) is 0 Å². The molecule has 0 fully saturated rings. The standard InChI is InChI=1S/C14H12N4O/c15-12-13(16-8-17-14(12)19)18-11-7-3-5-9-4-1-2-6-10(9)11/h1-8H,15H2,(H2,16,17,18,19). The van der Waals surface area contributed by atoms with E-state index in [2.05, 4.69) is 15.3 Å². The van der Waals surface area contributed by atoms with Crippen LogP contribution in [0.1, 0.15) is 0 Å². The second-order valence-corrected chi connectivity index (χ2v) is 4.15. The Kier molecular flexibility index (Phi) is 2.64. The smallest absolute Gasteiger partial charge is 0.276 e. The number of nitrogen functional groups attached to an aromatic ring is 1. The summed E-state index contributed by atoms with van der Waals surface area (Å²) in [5, 5.41) is 5.25. The van der Waals surface area contributed by atoms with Gasteiger partial charge in [-0.25, -0.2) is 4.98 Å². The summed E-state index contributed by atoms with van der Waals surface area (Å²) in [7, 11) is 0. The number of nitrogens with one attached hydrogen (secondary N) is 2. The molecule has 0 amide bonds. The van der Waals surface area contributed by atoms with Gasteiger partial charge in [-0.1, -0.05) is 36.4 Å². The van der Waals surface area contributed by atoms with Gasteiger partial charge in [0.2, 0.25) is 0 Å². The van der Waals surface area contributed by atoms with E-state index in [4.69, 9.17) is 5.73 Å². The third kappa shape index (κ3) is 2.01. The first kappa shape index (κ1) is 11.3. The summed E-state index contributed by atoms with van der Waals surface area (Å²) in [5.74, 6) is 0.361. The summed E-state index contributed by atoms with van der Waals surface area (Å²) in [5.41, 5.74) is 6.30. The summed E-state index contributed by atoms with van der Waals surface area (Å²) in [6.45, 7) is 0. The van der Waals surface area contributed by atoms with Crippen molar-refractivity contribution in [3.63, 3.8) is 0 Å². The fourth-order valence-electron chi connectivity index (χ4n) is 1.97. The van der Waals surface area contributed by atoms with Crippen molar-refractivity contribution in [3.05, 3.63) is 59.1 Å². The molecule has 0 radical (unpaired) electrons. The zero-order valence-corrected chi connectivity index (χ0v) is 10.1. The lowest BCUT2D eigenvalue weighted by Crippen LogP contribution is -2.14. The van der Waals surface area contributed by atoms with E-state index < -0.39 is 0 Å². The van der Waals surface area contributed by atoms with Gasteiger partial charge in [-0.3, -0.25) is 4.79 Å². The highest BCUT2D eigenvalue weighted by Crippen LogP contribution is 2.26. The maximum atomic E-state index is 11.4. The Balaban J connectivity index is 2.11. The van der Waals surface area contributed by atoms with Crippen LogP contribution in [0, 0.1) is 0 Å². The SMILES string of the molecule is Nc1c(Nc2cccc3ccccc23)nc[nH]c1=O. The summed E-state index contributed by atoms with van der Waals surface area (Å²) in [4.78, 5) is 17.9. The Morgan fingerprint density at radius 3 is 2.79 bits per heavy atom. The number of benzene rings is 2. The van der Waals surface area contributed by atoms with Gasteiger partial charge in [0.1, 0.15) is 5.69 Å². The van der Waals surface area contributed by atoms with Crippen LogP contribution in [0.3, 0.4) is 0 Å². The lowest BCUT2D eigenvalue weighted by Gasteiger charge is -2.10. The molecule has 94 valence electrons. The Labute approximate surface area is 109 Å². The fraction of sp³-hybridized carbons (Fsp3) is 0. The molecule has 5 nitrogen and oxygen atoms in total. The van der Waals surface area contributed by atoms with Crippen LogP contribution in [0.4, 0.5) is 17.2 Å². The minimum absolute atomic E-state index is 0.0791. The van der Waals surface area contributed by atoms with Gasteiger partial charge in [0.15, 0.2) is 5.82 Å². The molecular formula is C14H12N4O. The highest BCUT2D eigenvalue weighted by Gasteiger charge is 2.06. The number of nitrogens with zero attached hydrogens (tertiary/aromatic N) is 1. The van der Waals surface area contributed by atoms with Crippen LogP contribution in [0.25, 0.3) is 10.8 Å². The summed E-state index contributed by atoms with van der Waals surface area (Å²) >= 11 is 0. The lowest BCUT2D eigenvalue weighted by atomic mass is 10.1. The van der Waals surface area contributed by atoms with Crippen molar-refractivity contribution >= 4 is 28.0 Å². The molecule has 1 heterocycles. The Morgan fingerprint density at radius 2 is 1.89 bits per heavy atom. The Hall–Kier alpha value is -2.82. The Morgan fingerprint density at radius 1 is 1.11 bits per heavy atom. The largest absolute Gasteiger partial charge is 0.391 e. The van der Waals surface area contributed by atoms with Crippen molar-refractivity contribution in [1.82, 2.24) is 9.97 Å². The molecule has 0 unspecified atom stereocenters. The van der Waals surface area contributed by atoms with Crippen LogP contribution in [0.15, 0.2) is 53.6 Å². The molecule has 0 spiro atoms. The fourth-order valence-corrected chi connectivity index (χ4v) is 1.97. The van der Waals surface area contributed by atoms with Gasteiger partial charge in [-0.05, 0) is 11.5 Å². The van der Waals surface area contributed by atoms with Gasteiger partial charge in [0.25, 0.3) is 5.56 Å². The number of H-pyrrole nitrogens is 1. The molecule has 0 saturated carbocycles. The van der Waals surface area contributed by atoms with E-state index in [1.54, 1.807) is 0 Å². The van der Waals surface area contributed by atoms with E-state index in [0.717, 1.165) is 16.5 Å². The van der Waals surface area contributed by atoms with Crippen LogP contribution < -0.4 is 16.6 Å². The van der Waals surface area contributed by atoms with Crippen LogP contribution in [-0.2, 0) is 0 Å². The molecule has 0 saturated heterocycles. The number of hydrogen-bond acceptors (Lipinski definition) is 4. The zero-order chi connectivity index (χ0) is 13.2. The molecule has 4 N–H and O–H groups in total. The first-order valence-electron chi connectivity index (χ1n) is 5.83. The number of hydrogen-bond donors (Lipinski definition) is 3. The molecule has 1 aromatic heterocycles. The number of nitrogens with two attached hydrogens (primary N) is 1. The predicted molar refractivity (Wildman–Crippen MR) is 76.5 cm³/mol. The maximum Gasteiger partial charge on any atom is 0.276 e. The number of aromatic amines is 1. The predicted octanol–water partition coefficient (Wildman–Crippen LogP) is 2.25. The number of rotatable bonds is 2. The molecular weight excluding hydrogens is 240 g/mol. The van der Waals surface area contributed by atoms with Crippen molar-refractivity contribution in [2.75, 3.05) is 11.1 Å². The summed E-state index contributed by atoms with van der Waals surface area (Å²) in [6.07, 6.45) is 1.33. The van der Waals surface area contributed by atoms with Crippen molar-refractivity contribution in [1.29, 1.82) is 0 Å². The molecule has 0 aliphatic carbocycles. The van der Waals surface area contributed by atoms with Crippen molar-refractivity contribution < 1.29 is 0 Å². The Bertz CT molecular complexity index is 789. The zero-order valence-electron chi connectivity index (χ0n) is 10.1. The maximum absolute atomic E-state index is 11.4. The van der Waals surface area contributed by atoms with Gasteiger partial charge in [-0.15, -0.1) is 0 Å². The van der Waals surface area contributed by atoms with Crippen molar-refractivity contribution in [2.45, 2.75) is 0 Å². The number of aromatic nitrogens is 2. The molecule has 2 aromatic carbocycles. The van der Waals surface area contributed by atoms with Gasteiger partial charge in [0, 0.05) is 11.1 Å². The highest BCUT2D eigenvalue weighted by atomic mass is 16.1. The summed E-state index contributed by atoms with van der Waals surface area (Å²) < 4.78 is 0. The second kappa shape index (κ2) is 4.45. The van der Waals surface area contributed by atoms with E-state index >= 15 is 0 Å². The van der Waals surface area contributed by atoms with E-state index in [1.165, 1.54) is 6.33 Å². The first-order valence-corrected chi connectivity index (χ1v) is 5.83. The average molecular weight is 252 g/mol. The lowest BCUT2D eigenvalue weighted by molar-refractivity contribution is 1.13. The monoisotopic (exact) mass is 252 g/mol. The normalized spacial score (nSPS) is 10.5. The number of fused-ring (bicyclic) bond motifs is 1. The first-order chi connectivity index (χ1) is 9.25. The quantitative estimate of drug-likeness (QED) is 0.653. The molecule has 19 heavy (non-hydrogen) atoms. The highest BCUT2D eigenvalue weighted by molar-refractivity contribution is 5.95. The summed E-state index contributed by atoms with van der Waals surface area (Å²) in [6, 6.07) is 13.8. The third-order valence-electron chi connectivity index (χ3n) is 2.93. The van der Waals surface area contributed by atoms with E-state index in [1.807, 2.05) is 42.5 Å². The molecule has 0 bridgehead atoms. The van der Waals surface area contributed by atoms with Crippen LogP contribution >= 0.6 is 0 Å². The molecule has 0 aliphatic rings. The second-order valence-electron chi connectivity index (χ2n) is 4.15. The minimum atomic E-state index is -0.349.